The van der Waals surface area contributed by atoms with Crippen LogP contribution in [0.25, 0.3) is 0 Å². The zero-order valence-electron chi connectivity index (χ0n) is 10.8. The van der Waals surface area contributed by atoms with Crippen molar-refractivity contribution in [2.75, 3.05) is 24.6 Å². The molecular formula is C13H23NO3S. The van der Waals surface area contributed by atoms with Gasteiger partial charge in [0.2, 0.25) is 0 Å². The van der Waals surface area contributed by atoms with E-state index in [2.05, 4.69) is 4.90 Å². The van der Waals surface area contributed by atoms with Gasteiger partial charge >= 0.3 is 0 Å². The summed E-state index contributed by atoms with van der Waals surface area (Å²) in [5, 5.41) is 9.95. The summed E-state index contributed by atoms with van der Waals surface area (Å²) >= 11 is 0. The minimum absolute atomic E-state index is 0.0394. The van der Waals surface area contributed by atoms with Crippen LogP contribution in [-0.2, 0) is 9.84 Å². The van der Waals surface area contributed by atoms with Crippen molar-refractivity contribution in [1.82, 2.24) is 4.90 Å². The van der Waals surface area contributed by atoms with E-state index < -0.39 is 15.9 Å². The Morgan fingerprint density at radius 1 is 1.00 bits per heavy atom. The van der Waals surface area contributed by atoms with Crippen LogP contribution < -0.4 is 0 Å². The number of hydrogen-bond acceptors (Lipinski definition) is 4. The molecule has 3 rings (SSSR count). The maximum Gasteiger partial charge on any atom is 0.154 e. The van der Waals surface area contributed by atoms with Crippen LogP contribution in [0.1, 0.15) is 32.1 Å². The second-order valence-corrected chi connectivity index (χ2v) is 8.45. The van der Waals surface area contributed by atoms with Crippen LogP contribution in [0.15, 0.2) is 0 Å². The van der Waals surface area contributed by atoms with Crippen molar-refractivity contribution in [2.24, 2.45) is 11.8 Å². The number of aliphatic hydroxyl groups excluding tert-OH is 1. The molecule has 0 radical (unpaired) electrons. The van der Waals surface area contributed by atoms with Gasteiger partial charge in [-0.15, -0.1) is 0 Å². The molecule has 0 spiro atoms. The molecule has 1 aliphatic carbocycles. The maximum atomic E-state index is 11.6. The largest absolute Gasteiger partial charge is 0.390 e. The molecule has 2 saturated heterocycles. The average Bonchev–Trinajstić information content (AvgIpc) is 2.62. The zero-order chi connectivity index (χ0) is 12.8. The Bertz CT molecular complexity index is 408. The normalized spacial score (nSPS) is 44.7. The van der Waals surface area contributed by atoms with Gasteiger partial charge in [0.05, 0.1) is 23.7 Å². The summed E-state index contributed by atoms with van der Waals surface area (Å²) in [6.07, 6.45) is 5.84. The zero-order valence-corrected chi connectivity index (χ0v) is 11.6. The van der Waals surface area contributed by atoms with Crippen molar-refractivity contribution in [3.63, 3.8) is 0 Å². The van der Waals surface area contributed by atoms with Gasteiger partial charge in [-0.3, -0.25) is 4.90 Å². The lowest BCUT2D eigenvalue weighted by Crippen LogP contribution is -2.50. The lowest BCUT2D eigenvalue weighted by molar-refractivity contribution is 0.0203. The number of piperidine rings is 1. The quantitative estimate of drug-likeness (QED) is 0.762. The van der Waals surface area contributed by atoms with E-state index in [-0.39, 0.29) is 17.5 Å². The van der Waals surface area contributed by atoms with Gasteiger partial charge in [-0.2, -0.15) is 0 Å². The smallest absolute Gasteiger partial charge is 0.154 e. The highest BCUT2D eigenvalue weighted by Crippen LogP contribution is 2.37. The van der Waals surface area contributed by atoms with Gasteiger partial charge < -0.3 is 5.11 Å². The predicted octanol–water partition coefficient (Wildman–Crippen LogP) is 0.656. The molecule has 5 heteroatoms. The van der Waals surface area contributed by atoms with Crippen molar-refractivity contribution in [3.05, 3.63) is 0 Å². The fourth-order valence-corrected chi connectivity index (χ4v) is 5.92. The molecule has 0 aromatic carbocycles. The summed E-state index contributed by atoms with van der Waals surface area (Å²) in [4.78, 5) is 2.25. The van der Waals surface area contributed by atoms with Gasteiger partial charge in [0, 0.05) is 6.54 Å². The summed E-state index contributed by atoms with van der Waals surface area (Å²) in [5.74, 6) is 1.71. The van der Waals surface area contributed by atoms with Crippen LogP contribution in [0.3, 0.4) is 0 Å². The molecule has 18 heavy (non-hydrogen) atoms. The molecule has 1 N–H and O–H groups in total. The molecular weight excluding hydrogens is 250 g/mol. The van der Waals surface area contributed by atoms with E-state index >= 15 is 0 Å². The average molecular weight is 273 g/mol. The van der Waals surface area contributed by atoms with Gasteiger partial charge in [-0.25, -0.2) is 8.42 Å². The van der Waals surface area contributed by atoms with E-state index in [9.17, 15) is 13.5 Å². The monoisotopic (exact) mass is 273 g/mol. The highest BCUT2D eigenvalue weighted by atomic mass is 32.2. The maximum absolute atomic E-state index is 11.6. The molecule has 4 unspecified atom stereocenters. The van der Waals surface area contributed by atoms with Crippen molar-refractivity contribution >= 4 is 9.84 Å². The van der Waals surface area contributed by atoms with Crippen LogP contribution in [0.4, 0.5) is 0 Å². The van der Waals surface area contributed by atoms with Crippen molar-refractivity contribution in [1.29, 1.82) is 0 Å². The summed E-state index contributed by atoms with van der Waals surface area (Å²) in [7, 11) is -3.01. The summed E-state index contributed by atoms with van der Waals surface area (Å²) in [6.45, 7) is 1.97. The SMILES string of the molecule is O=S1(=O)CC(O)C(N2CCC3CCCCC3C2)C1. The van der Waals surface area contributed by atoms with Crippen LogP contribution in [0, 0.1) is 11.8 Å². The molecule has 104 valence electrons. The molecule has 0 amide bonds. The first kappa shape index (κ1) is 12.9. The Balaban J connectivity index is 1.67. The van der Waals surface area contributed by atoms with Crippen LogP contribution >= 0.6 is 0 Å². The summed E-state index contributed by atoms with van der Waals surface area (Å²) in [6, 6.07) is -0.141. The molecule has 2 heterocycles. The van der Waals surface area contributed by atoms with Crippen molar-refractivity contribution in [2.45, 2.75) is 44.2 Å². The molecule has 0 aromatic rings. The highest BCUT2D eigenvalue weighted by molar-refractivity contribution is 7.91. The fourth-order valence-electron chi connectivity index (χ4n) is 4.09. The number of fused-ring (bicyclic) bond motifs is 1. The van der Waals surface area contributed by atoms with Gasteiger partial charge in [-0.05, 0) is 31.2 Å². The lowest BCUT2D eigenvalue weighted by atomic mass is 9.75. The topological polar surface area (TPSA) is 57.6 Å². The Hall–Kier alpha value is -0.130. The number of nitrogens with zero attached hydrogens (tertiary/aromatic N) is 1. The van der Waals surface area contributed by atoms with Crippen molar-refractivity contribution in [3.8, 4) is 0 Å². The van der Waals surface area contributed by atoms with E-state index in [1.165, 1.54) is 32.1 Å². The first-order valence-electron chi connectivity index (χ1n) is 7.18. The molecule has 4 atom stereocenters. The van der Waals surface area contributed by atoms with Gasteiger partial charge in [0.1, 0.15) is 0 Å². The number of rotatable bonds is 1. The molecule has 0 bridgehead atoms. The number of aliphatic hydroxyl groups is 1. The fraction of sp³-hybridized carbons (Fsp3) is 1.00. The second kappa shape index (κ2) is 4.76. The lowest BCUT2D eigenvalue weighted by Gasteiger charge is -2.44. The van der Waals surface area contributed by atoms with E-state index in [0.29, 0.717) is 0 Å². The molecule has 2 aliphatic heterocycles. The van der Waals surface area contributed by atoms with Crippen LogP contribution in [-0.4, -0.2) is 55.2 Å². The first-order valence-corrected chi connectivity index (χ1v) is 9.00. The van der Waals surface area contributed by atoms with Crippen LogP contribution in [0.2, 0.25) is 0 Å². The first-order chi connectivity index (χ1) is 8.55. The minimum Gasteiger partial charge on any atom is -0.390 e. The van der Waals surface area contributed by atoms with Gasteiger partial charge in [0.15, 0.2) is 9.84 Å². The number of likely N-dealkylation sites (tertiary alicyclic amines) is 1. The van der Waals surface area contributed by atoms with Gasteiger partial charge in [-0.1, -0.05) is 19.3 Å². The molecule has 3 fully saturated rings. The second-order valence-electron chi connectivity index (χ2n) is 6.30. The third-order valence-corrected chi connectivity index (χ3v) is 6.78. The molecule has 0 aromatic heterocycles. The minimum atomic E-state index is -3.01. The Labute approximate surface area is 109 Å². The predicted molar refractivity (Wildman–Crippen MR) is 70.1 cm³/mol. The van der Waals surface area contributed by atoms with E-state index in [0.717, 1.165) is 24.9 Å². The Kier molecular flexibility index (Phi) is 3.41. The molecule has 3 aliphatic rings. The molecule has 1 saturated carbocycles. The Morgan fingerprint density at radius 2 is 1.72 bits per heavy atom. The van der Waals surface area contributed by atoms with Crippen LogP contribution in [0.5, 0.6) is 0 Å². The highest BCUT2D eigenvalue weighted by Gasteiger charge is 2.42. The number of hydrogen-bond donors (Lipinski definition) is 1. The summed E-state index contributed by atoms with van der Waals surface area (Å²) < 4.78 is 23.2. The van der Waals surface area contributed by atoms with E-state index in [1.807, 2.05) is 0 Å². The summed E-state index contributed by atoms with van der Waals surface area (Å²) in [5.41, 5.74) is 0. The van der Waals surface area contributed by atoms with Crippen molar-refractivity contribution < 1.29 is 13.5 Å². The standard InChI is InChI=1S/C13H23NO3S/c15-13-9-18(16,17)8-12(13)14-6-5-10-3-1-2-4-11(10)7-14/h10-13,15H,1-9H2. The van der Waals surface area contributed by atoms with E-state index in [1.54, 1.807) is 0 Å². The van der Waals surface area contributed by atoms with Gasteiger partial charge in [0.25, 0.3) is 0 Å². The molecule has 4 nitrogen and oxygen atoms in total. The van der Waals surface area contributed by atoms with E-state index in [4.69, 9.17) is 0 Å². The Morgan fingerprint density at radius 3 is 2.39 bits per heavy atom. The third-order valence-electron chi connectivity index (χ3n) is 5.09. The third kappa shape index (κ3) is 2.45. The number of sulfone groups is 1.